The quantitative estimate of drug-likeness (QED) is 0.310. The van der Waals surface area contributed by atoms with Crippen molar-refractivity contribution in [2.75, 3.05) is 33.8 Å². The van der Waals surface area contributed by atoms with Crippen LogP contribution in [0.1, 0.15) is 36.0 Å². The van der Waals surface area contributed by atoms with Crippen LogP contribution in [0.3, 0.4) is 0 Å². The number of halogens is 1. The molecule has 1 aliphatic rings. The number of aliphatic imine (C=N–C) groups is 1. The van der Waals surface area contributed by atoms with Crippen LogP contribution in [0.4, 0.5) is 0 Å². The maximum Gasteiger partial charge on any atom is 0.191 e. The van der Waals surface area contributed by atoms with Crippen molar-refractivity contribution in [1.82, 2.24) is 15.5 Å². The topological polar surface area (TPSA) is 48.9 Å². The van der Waals surface area contributed by atoms with Crippen molar-refractivity contribution in [3.8, 4) is 5.75 Å². The summed E-state index contributed by atoms with van der Waals surface area (Å²) >= 11 is 0. The molecule has 164 valence electrons. The standard InChI is InChI=1S/C24H34N4O.HI/c1-25-24(26-15-14-20-10-12-23(29-2)13-11-20)27-18-21-8-4-5-9-22(21)19-28-16-6-3-7-17-28;/h4-5,8-13H,3,6-7,14-19H2,1-2H3,(H2,25,26,27);1H. The van der Waals surface area contributed by atoms with Crippen LogP contribution in [0.2, 0.25) is 0 Å². The van der Waals surface area contributed by atoms with Gasteiger partial charge in [-0.05, 0) is 61.2 Å². The van der Waals surface area contributed by atoms with Crippen LogP contribution in [-0.2, 0) is 19.5 Å². The molecule has 0 aliphatic carbocycles. The van der Waals surface area contributed by atoms with Gasteiger partial charge in [-0.1, -0.05) is 42.8 Å². The molecule has 0 amide bonds. The second kappa shape index (κ2) is 13.5. The van der Waals surface area contributed by atoms with Gasteiger partial charge in [-0.15, -0.1) is 24.0 Å². The zero-order valence-corrected chi connectivity index (χ0v) is 20.5. The van der Waals surface area contributed by atoms with Gasteiger partial charge in [0.1, 0.15) is 5.75 Å². The van der Waals surface area contributed by atoms with E-state index in [0.717, 1.165) is 37.8 Å². The summed E-state index contributed by atoms with van der Waals surface area (Å²) in [6.07, 6.45) is 4.96. The lowest BCUT2D eigenvalue weighted by molar-refractivity contribution is 0.220. The molecule has 0 atom stereocenters. The van der Waals surface area contributed by atoms with Gasteiger partial charge in [-0.25, -0.2) is 0 Å². The molecule has 2 N–H and O–H groups in total. The van der Waals surface area contributed by atoms with Crippen molar-refractivity contribution in [3.05, 3.63) is 65.2 Å². The Morgan fingerprint density at radius 1 is 0.967 bits per heavy atom. The number of ether oxygens (including phenoxy) is 1. The van der Waals surface area contributed by atoms with Crippen LogP contribution >= 0.6 is 24.0 Å². The number of rotatable bonds is 8. The van der Waals surface area contributed by atoms with Gasteiger partial charge in [0.25, 0.3) is 0 Å². The molecule has 1 saturated heterocycles. The third-order valence-corrected chi connectivity index (χ3v) is 5.50. The highest BCUT2D eigenvalue weighted by molar-refractivity contribution is 14.0. The zero-order valence-electron chi connectivity index (χ0n) is 18.2. The van der Waals surface area contributed by atoms with Gasteiger partial charge in [0.2, 0.25) is 0 Å². The summed E-state index contributed by atoms with van der Waals surface area (Å²) in [4.78, 5) is 6.94. The number of guanidine groups is 1. The Balaban J connectivity index is 0.00000320. The average molecular weight is 522 g/mol. The van der Waals surface area contributed by atoms with Gasteiger partial charge in [-0.2, -0.15) is 0 Å². The van der Waals surface area contributed by atoms with Crippen molar-refractivity contribution in [3.63, 3.8) is 0 Å². The monoisotopic (exact) mass is 522 g/mol. The lowest BCUT2D eigenvalue weighted by Crippen LogP contribution is -2.38. The summed E-state index contributed by atoms with van der Waals surface area (Å²) < 4.78 is 5.21. The first-order chi connectivity index (χ1) is 14.3. The van der Waals surface area contributed by atoms with Gasteiger partial charge in [0.05, 0.1) is 7.11 Å². The number of likely N-dealkylation sites (tertiary alicyclic amines) is 1. The number of hydrogen-bond donors (Lipinski definition) is 2. The van der Waals surface area contributed by atoms with E-state index in [9.17, 15) is 0 Å². The molecule has 6 heteroatoms. The highest BCUT2D eigenvalue weighted by Gasteiger charge is 2.12. The Bertz CT molecular complexity index is 773. The summed E-state index contributed by atoms with van der Waals surface area (Å²) in [7, 11) is 3.51. The predicted molar refractivity (Wildman–Crippen MR) is 136 cm³/mol. The Morgan fingerprint density at radius 2 is 1.67 bits per heavy atom. The first-order valence-electron chi connectivity index (χ1n) is 10.6. The third kappa shape index (κ3) is 7.80. The van der Waals surface area contributed by atoms with Crippen LogP contribution in [0.5, 0.6) is 5.75 Å². The molecule has 1 aliphatic heterocycles. The molecule has 0 bridgehead atoms. The summed E-state index contributed by atoms with van der Waals surface area (Å²) in [6, 6.07) is 17.0. The number of piperidine rings is 1. The van der Waals surface area contributed by atoms with Crippen molar-refractivity contribution < 1.29 is 4.74 Å². The minimum absolute atomic E-state index is 0. The van der Waals surface area contributed by atoms with Crippen molar-refractivity contribution >= 4 is 29.9 Å². The van der Waals surface area contributed by atoms with Gasteiger partial charge in [-0.3, -0.25) is 9.89 Å². The van der Waals surface area contributed by atoms with Crippen LogP contribution in [0, 0.1) is 0 Å². The van der Waals surface area contributed by atoms with E-state index in [0.29, 0.717) is 0 Å². The van der Waals surface area contributed by atoms with Crippen LogP contribution in [-0.4, -0.2) is 44.7 Å². The number of benzene rings is 2. The van der Waals surface area contributed by atoms with E-state index >= 15 is 0 Å². The van der Waals surface area contributed by atoms with Crippen molar-refractivity contribution in [2.45, 2.75) is 38.8 Å². The molecule has 0 aromatic heterocycles. The second-order valence-electron chi connectivity index (χ2n) is 7.56. The minimum Gasteiger partial charge on any atom is -0.497 e. The fraction of sp³-hybridized carbons (Fsp3) is 0.458. The molecule has 0 unspecified atom stereocenters. The molecule has 30 heavy (non-hydrogen) atoms. The number of nitrogens with zero attached hydrogens (tertiary/aromatic N) is 2. The first-order valence-corrected chi connectivity index (χ1v) is 10.6. The van der Waals surface area contributed by atoms with E-state index in [2.05, 4.69) is 56.9 Å². The molecular formula is C24H35IN4O. The number of hydrogen-bond acceptors (Lipinski definition) is 3. The highest BCUT2D eigenvalue weighted by Crippen LogP contribution is 2.16. The maximum absolute atomic E-state index is 5.21. The Labute approximate surface area is 198 Å². The molecular weight excluding hydrogens is 487 g/mol. The first kappa shape index (κ1) is 24.5. The lowest BCUT2D eigenvalue weighted by atomic mass is 10.0. The van der Waals surface area contributed by atoms with Gasteiger partial charge >= 0.3 is 0 Å². The van der Waals surface area contributed by atoms with Crippen LogP contribution in [0.25, 0.3) is 0 Å². The summed E-state index contributed by atoms with van der Waals surface area (Å²) in [6.45, 7) is 5.10. The predicted octanol–water partition coefficient (Wildman–Crippen LogP) is 4.21. The zero-order chi connectivity index (χ0) is 20.3. The van der Waals surface area contributed by atoms with Crippen LogP contribution < -0.4 is 15.4 Å². The van der Waals surface area contributed by atoms with Crippen molar-refractivity contribution in [2.24, 2.45) is 4.99 Å². The SMILES string of the molecule is CN=C(NCCc1ccc(OC)cc1)NCc1ccccc1CN1CCCCC1.I. The van der Waals surface area contributed by atoms with Gasteiger partial charge in [0, 0.05) is 26.7 Å². The normalized spacial score (nSPS) is 14.7. The largest absolute Gasteiger partial charge is 0.497 e. The second-order valence-corrected chi connectivity index (χ2v) is 7.56. The average Bonchev–Trinajstić information content (AvgIpc) is 2.78. The summed E-state index contributed by atoms with van der Waals surface area (Å²) in [5, 5.41) is 6.88. The third-order valence-electron chi connectivity index (χ3n) is 5.50. The minimum atomic E-state index is 0. The van der Waals surface area contributed by atoms with E-state index in [4.69, 9.17) is 4.74 Å². The molecule has 2 aromatic carbocycles. The smallest absolute Gasteiger partial charge is 0.191 e. The molecule has 0 radical (unpaired) electrons. The fourth-order valence-corrected chi connectivity index (χ4v) is 3.76. The highest BCUT2D eigenvalue weighted by atomic mass is 127. The Hall–Kier alpha value is -1.80. The molecule has 3 rings (SSSR count). The van der Waals surface area contributed by atoms with E-state index in [1.54, 1.807) is 7.11 Å². The molecule has 2 aromatic rings. The molecule has 5 nitrogen and oxygen atoms in total. The lowest BCUT2D eigenvalue weighted by Gasteiger charge is -2.27. The summed E-state index contributed by atoms with van der Waals surface area (Å²) in [5.74, 6) is 1.73. The van der Waals surface area contributed by atoms with E-state index in [1.807, 2.05) is 19.2 Å². The number of methoxy groups -OCH3 is 1. The molecule has 1 fully saturated rings. The number of nitrogens with one attached hydrogen (secondary N) is 2. The molecule has 1 heterocycles. The molecule has 0 spiro atoms. The van der Waals surface area contributed by atoms with E-state index in [1.165, 1.54) is 49.0 Å². The maximum atomic E-state index is 5.21. The van der Waals surface area contributed by atoms with E-state index in [-0.39, 0.29) is 24.0 Å². The van der Waals surface area contributed by atoms with Crippen LogP contribution in [0.15, 0.2) is 53.5 Å². The Kier molecular flexibility index (Phi) is 11.0. The fourth-order valence-electron chi connectivity index (χ4n) is 3.76. The summed E-state index contributed by atoms with van der Waals surface area (Å²) in [5.41, 5.74) is 4.03. The van der Waals surface area contributed by atoms with Gasteiger partial charge < -0.3 is 15.4 Å². The van der Waals surface area contributed by atoms with E-state index < -0.39 is 0 Å². The molecule has 0 saturated carbocycles. The van der Waals surface area contributed by atoms with Gasteiger partial charge in [0.15, 0.2) is 5.96 Å². The Morgan fingerprint density at radius 3 is 2.33 bits per heavy atom. The van der Waals surface area contributed by atoms with Crippen molar-refractivity contribution in [1.29, 1.82) is 0 Å².